The molecule has 3 atom stereocenters. The van der Waals surface area contributed by atoms with E-state index < -0.39 is 0 Å². The topological polar surface area (TPSA) is 54.9 Å². The Morgan fingerprint density at radius 3 is 2.72 bits per heavy atom. The lowest BCUT2D eigenvalue weighted by Gasteiger charge is -2.31. The summed E-state index contributed by atoms with van der Waals surface area (Å²) in [5.41, 5.74) is 4.43. The van der Waals surface area contributed by atoms with E-state index in [0.29, 0.717) is 41.6 Å². The number of ether oxygens (including phenoxy) is 2. The standard InChI is InChI=1S/C31H36FN3O3S/c1-21-9-10-22(2)26(15-21)31(36)34-18-29(37-3)30(19-34)38-25-11-12-27(32)24(16-25)20-39-35-14-6-7-23(17-35)28-8-4-5-13-33-28/h4-5,8-13,15-16,23,29-30H,6-7,14,17-20H2,1-3H3. The first kappa shape index (κ1) is 27.6. The van der Waals surface area contributed by atoms with E-state index in [2.05, 4.69) is 15.4 Å². The van der Waals surface area contributed by atoms with Crippen molar-refractivity contribution in [1.82, 2.24) is 14.2 Å². The average Bonchev–Trinajstić information content (AvgIpc) is 3.37. The van der Waals surface area contributed by atoms with E-state index in [-0.39, 0.29) is 23.9 Å². The van der Waals surface area contributed by atoms with Gasteiger partial charge in [-0.3, -0.25) is 9.78 Å². The van der Waals surface area contributed by atoms with Crippen molar-refractivity contribution in [2.75, 3.05) is 33.3 Å². The van der Waals surface area contributed by atoms with Crippen LogP contribution in [0, 0.1) is 19.7 Å². The molecule has 2 aliphatic heterocycles. The van der Waals surface area contributed by atoms with E-state index in [9.17, 15) is 9.18 Å². The summed E-state index contributed by atoms with van der Waals surface area (Å²) in [6.45, 7) is 6.68. The number of aromatic nitrogens is 1. The molecular weight excluding hydrogens is 513 g/mol. The van der Waals surface area contributed by atoms with Gasteiger partial charge in [-0.25, -0.2) is 8.70 Å². The van der Waals surface area contributed by atoms with Crippen LogP contribution in [0.2, 0.25) is 0 Å². The van der Waals surface area contributed by atoms with Crippen molar-refractivity contribution in [2.24, 2.45) is 0 Å². The van der Waals surface area contributed by atoms with Crippen LogP contribution >= 0.6 is 11.9 Å². The fraction of sp³-hybridized carbons (Fsp3) is 0.419. The van der Waals surface area contributed by atoms with Crippen LogP contribution in [0.3, 0.4) is 0 Å². The highest BCUT2D eigenvalue weighted by atomic mass is 32.2. The molecule has 0 saturated carbocycles. The molecule has 3 aromatic rings. The quantitative estimate of drug-likeness (QED) is 0.332. The second-order valence-electron chi connectivity index (χ2n) is 10.5. The second kappa shape index (κ2) is 12.5. The van der Waals surface area contributed by atoms with Crippen molar-refractivity contribution >= 4 is 17.9 Å². The van der Waals surface area contributed by atoms with E-state index in [1.54, 1.807) is 36.1 Å². The third-order valence-corrected chi connectivity index (χ3v) is 8.76. The zero-order valence-corrected chi connectivity index (χ0v) is 23.6. The molecular formula is C31H36FN3O3S. The summed E-state index contributed by atoms with van der Waals surface area (Å²) in [7, 11) is 1.64. The molecule has 206 valence electrons. The predicted molar refractivity (Wildman–Crippen MR) is 153 cm³/mol. The molecule has 6 nitrogen and oxygen atoms in total. The molecule has 1 aromatic heterocycles. The highest BCUT2D eigenvalue weighted by Gasteiger charge is 2.38. The molecule has 8 heteroatoms. The molecule has 2 fully saturated rings. The summed E-state index contributed by atoms with van der Waals surface area (Å²) < 4.78 is 29.1. The van der Waals surface area contributed by atoms with Gasteiger partial charge in [0.25, 0.3) is 5.91 Å². The summed E-state index contributed by atoms with van der Waals surface area (Å²) in [5.74, 6) is 1.24. The largest absolute Gasteiger partial charge is 0.486 e. The molecule has 0 aliphatic carbocycles. The molecule has 1 amide bonds. The normalized spacial score (nSPS) is 21.7. The van der Waals surface area contributed by atoms with Crippen LogP contribution in [-0.4, -0.2) is 65.6 Å². The molecule has 0 spiro atoms. The zero-order valence-electron chi connectivity index (χ0n) is 22.8. The fourth-order valence-electron chi connectivity index (χ4n) is 5.38. The minimum absolute atomic E-state index is 0.0221. The van der Waals surface area contributed by atoms with Gasteiger partial charge >= 0.3 is 0 Å². The van der Waals surface area contributed by atoms with Gasteiger partial charge in [-0.05, 0) is 68.7 Å². The third kappa shape index (κ3) is 6.62. The van der Waals surface area contributed by atoms with Crippen LogP contribution in [0.25, 0.3) is 0 Å². The van der Waals surface area contributed by atoms with Gasteiger partial charge in [0.05, 0.1) is 13.1 Å². The second-order valence-corrected chi connectivity index (χ2v) is 11.5. The van der Waals surface area contributed by atoms with E-state index in [1.165, 1.54) is 6.07 Å². The Morgan fingerprint density at radius 1 is 1.08 bits per heavy atom. The molecule has 2 aromatic carbocycles. The Balaban J connectivity index is 1.21. The van der Waals surface area contributed by atoms with Crippen LogP contribution in [0.15, 0.2) is 60.8 Å². The van der Waals surface area contributed by atoms with Gasteiger partial charge in [-0.1, -0.05) is 35.7 Å². The first-order chi connectivity index (χ1) is 18.9. The van der Waals surface area contributed by atoms with E-state index in [0.717, 1.165) is 42.8 Å². The van der Waals surface area contributed by atoms with Crippen LogP contribution in [0.4, 0.5) is 4.39 Å². The van der Waals surface area contributed by atoms with Crippen molar-refractivity contribution in [2.45, 2.75) is 50.6 Å². The molecule has 2 aliphatic rings. The van der Waals surface area contributed by atoms with E-state index >= 15 is 0 Å². The number of methoxy groups -OCH3 is 1. The summed E-state index contributed by atoms with van der Waals surface area (Å²) in [6.07, 6.45) is 3.46. The first-order valence-corrected chi connectivity index (χ1v) is 14.5. The average molecular weight is 550 g/mol. The number of hydrogen-bond donors (Lipinski definition) is 0. The smallest absolute Gasteiger partial charge is 0.254 e. The monoisotopic (exact) mass is 549 g/mol. The Kier molecular flexibility index (Phi) is 8.85. The van der Waals surface area contributed by atoms with Crippen molar-refractivity contribution in [3.63, 3.8) is 0 Å². The van der Waals surface area contributed by atoms with Gasteiger partial charge in [0.15, 0.2) is 0 Å². The lowest BCUT2D eigenvalue weighted by atomic mass is 9.96. The SMILES string of the molecule is COC1CN(C(=O)c2cc(C)ccc2C)CC1Oc1ccc(F)c(CSN2CCCC(c3ccccn3)C2)c1. The molecule has 3 heterocycles. The van der Waals surface area contributed by atoms with Gasteiger partial charge in [-0.2, -0.15) is 0 Å². The van der Waals surface area contributed by atoms with Gasteiger partial charge in [-0.15, -0.1) is 0 Å². The van der Waals surface area contributed by atoms with E-state index in [1.807, 2.05) is 50.4 Å². The zero-order chi connectivity index (χ0) is 27.4. The first-order valence-electron chi connectivity index (χ1n) is 13.5. The van der Waals surface area contributed by atoms with Crippen LogP contribution in [-0.2, 0) is 10.5 Å². The maximum absolute atomic E-state index is 14.8. The predicted octanol–water partition coefficient (Wildman–Crippen LogP) is 5.78. The lowest BCUT2D eigenvalue weighted by Crippen LogP contribution is -2.32. The van der Waals surface area contributed by atoms with Crippen molar-refractivity contribution in [1.29, 1.82) is 0 Å². The number of piperidine rings is 1. The van der Waals surface area contributed by atoms with Gasteiger partial charge in [0.1, 0.15) is 23.8 Å². The van der Waals surface area contributed by atoms with E-state index in [4.69, 9.17) is 9.47 Å². The minimum Gasteiger partial charge on any atom is -0.486 e. The van der Waals surface area contributed by atoms with Crippen molar-refractivity contribution in [3.8, 4) is 5.75 Å². The number of carbonyl (C=O) groups excluding carboxylic acids is 1. The number of rotatable bonds is 8. The van der Waals surface area contributed by atoms with Crippen molar-refractivity contribution < 1.29 is 18.7 Å². The highest BCUT2D eigenvalue weighted by Crippen LogP contribution is 2.32. The van der Waals surface area contributed by atoms with Crippen molar-refractivity contribution in [3.05, 3.63) is 94.6 Å². The Morgan fingerprint density at radius 2 is 1.92 bits per heavy atom. The molecule has 3 unspecified atom stereocenters. The third-order valence-electron chi connectivity index (χ3n) is 7.63. The number of likely N-dealkylation sites (tertiary alicyclic amines) is 1. The minimum atomic E-state index is -0.337. The molecule has 2 saturated heterocycles. The van der Waals surface area contributed by atoms with Gasteiger partial charge in [0.2, 0.25) is 0 Å². The Bertz CT molecular complexity index is 1290. The number of aryl methyl sites for hydroxylation is 2. The molecule has 0 radical (unpaired) electrons. The number of halogens is 1. The Hall–Kier alpha value is -2.94. The van der Waals surface area contributed by atoms with Gasteiger partial charge < -0.3 is 14.4 Å². The number of benzene rings is 2. The van der Waals surface area contributed by atoms with Gasteiger partial charge in [0, 0.05) is 54.9 Å². The van der Waals surface area contributed by atoms with Crippen LogP contribution < -0.4 is 4.74 Å². The number of amides is 1. The lowest BCUT2D eigenvalue weighted by molar-refractivity contribution is 0.0339. The highest BCUT2D eigenvalue weighted by molar-refractivity contribution is 7.96. The summed E-state index contributed by atoms with van der Waals surface area (Å²) in [4.78, 5) is 19.6. The molecule has 5 rings (SSSR count). The summed E-state index contributed by atoms with van der Waals surface area (Å²) >= 11 is 1.66. The molecule has 39 heavy (non-hydrogen) atoms. The number of nitrogens with zero attached hydrogens (tertiary/aromatic N) is 3. The maximum atomic E-state index is 14.8. The molecule has 0 bridgehead atoms. The fourth-order valence-corrected chi connectivity index (χ4v) is 6.46. The van der Waals surface area contributed by atoms with Crippen LogP contribution in [0.5, 0.6) is 5.75 Å². The Labute approximate surface area is 234 Å². The number of carbonyl (C=O) groups is 1. The number of hydrogen-bond acceptors (Lipinski definition) is 6. The maximum Gasteiger partial charge on any atom is 0.254 e. The summed E-state index contributed by atoms with van der Waals surface area (Å²) in [6, 6.07) is 16.9. The number of pyridine rings is 1. The molecule has 0 N–H and O–H groups in total. The van der Waals surface area contributed by atoms with Crippen LogP contribution in [0.1, 0.15) is 51.5 Å². The summed E-state index contributed by atoms with van der Waals surface area (Å²) in [5, 5.41) is 0.